The fourth-order valence-electron chi connectivity index (χ4n) is 2.80. The van der Waals surface area contributed by atoms with Crippen molar-refractivity contribution in [1.82, 2.24) is 15.0 Å². The topological polar surface area (TPSA) is 59.2 Å². The first-order chi connectivity index (χ1) is 10.2. The second kappa shape index (κ2) is 5.97. The smallest absolute Gasteiger partial charge is 0.264 e. The number of aryl methyl sites for hydroxylation is 2. The van der Waals surface area contributed by atoms with Crippen molar-refractivity contribution < 1.29 is 9.32 Å². The SMILES string of the molecule is CCc1ccsc1C(=O)N1CCC[C@H](c2noc(C)n2)C1. The first-order valence-corrected chi connectivity index (χ1v) is 8.23. The van der Waals surface area contributed by atoms with Crippen LogP contribution in [0.4, 0.5) is 0 Å². The molecule has 112 valence electrons. The molecule has 0 N–H and O–H groups in total. The molecule has 2 aromatic rings. The average molecular weight is 305 g/mol. The van der Waals surface area contributed by atoms with Gasteiger partial charge in [-0.2, -0.15) is 4.98 Å². The van der Waals surface area contributed by atoms with Gasteiger partial charge in [0.2, 0.25) is 5.89 Å². The normalized spacial score (nSPS) is 19.0. The lowest BCUT2D eigenvalue weighted by Crippen LogP contribution is -2.39. The van der Waals surface area contributed by atoms with Crippen LogP contribution in [0, 0.1) is 6.92 Å². The van der Waals surface area contributed by atoms with Gasteiger partial charge in [-0.1, -0.05) is 12.1 Å². The number of amides is 1. The molecule has 2 aromatic heterocycles. The first-order valence-electron chi connectivity index (χ1n) is 7.35. The van der Waals surface area contributed by atoms with Crippen LogP contribution in [0.2, 0.25) is 0 Å². The van der Waals surface area contributed by atoms with Crippen molar-refractivity contribution in [3.8, 4) is 0 Å². The van der Waals surface area contributed by atoms with E-state index in [1.807, 2.05) is 16.3 Å². The predicted molar refractivity (Wildman–Crippen MR) is 80.6 cm³/mol. The summed E-state index contributed by atoms with van der Waals surface area (Å²) in [6.07, 6.45) is 2.89. The largest absolute Gasteiger partial charge is 0.340 e. The third-order valence-corrected chi connectivity index (χ3v) is 4.88. The minimum Gasteiger partial charge on any atom is -0.340 e. The second-order valence-electron chi connectivity index (χ2n) is 5.39. The number of hydrogen-bond donors (Lipinski definition) is 0. The Morgan fingerprint density at radius 3 is 3.14 bits per heavy atom. The molecule has 1 fully saturated rings. The highest BCUT2D eigenvalue weighted by atomic mass is 32.1. The van der Waals surface area contributed by atoms with Crippen molar-refractivity contribution in [3.05, 3.63) is 33.6 Å². The number of hydrogen-bond acceptors (Lipinski definition) is 5. The molecule has 0 saturated carbocycles. The number of carbonyl (C=O) groups excluding carboxylic acids is 1. The minimum atomic E-state index is 0.145. The number of nitrogens with zero attached hydrogens (tertiary/aromatic N) is 3. The molecule has 0 aliphatic carbocycles. The van der Waals surface area contributed by atoms with E-state index in [-0.39, 0.29) is 11.8 Å². The summed E-state index contributed by atoms with van der Waals surface area (Å²) in [5.41, 5.74) is 1.14. The highest BCUT2D eigenvalue weighted by Gasteiger charge is 2.29. The molecule has 0 aromatic carbocycles. The van der Waals surface area contributed by atoms with Crippen LogP contribution in [0.15, 0.2) is 16.0 Å². The highest BCUT2D eigenvalue weighted by Crippen LogP contribution is 2.27. The fraction of sp³-hybridized carbons (Fsp3) is 0.533. The summed E-state index contributed by atoms with van der Waals surface area (Å²) in [6.45, 7) is 5.37. The zero-order valence-corrected chi connectivity index (χ0v) is 13.2. The lowest BCUT2D eigenvalue weighted by molar-refractivity contribution is 0.0707. The molecule has 3 heterocycles. The molecule has 0 spiro atoms. The molecule has 21 heavy (non-hydrogen) atoms. The van der Waals surface area contributed by atoms with E-state index in [1.165, 1.54) is 11.3 Å². The molecule has 1 saturated heterocycles. The Kier molecular flexibility index (Phi) is 4.05. The van der Waals surface area contributed by atoms with Crippen molar-refractivity contribution >= 4 is 17.2 Å². The van der Waals surface area contributed by atoms with Crippen molar-refractivity contribution in [2.75, 3.05) is 13.1 Å². The first kappa shape index (κ1) is 14.3. The lowest BCUT2D eigenvalue weighted by Gasteiger charge is -2.31. The van der Waals surface area contributed by atoms with Crippen LogP contribution < -0.4 is 0 Å². The number of carbonyl (C=O) groups is 1. The zero-order valence-electron chi connectivity index (χ0n) is 12.3. The molecule has 1 aliphatic heterocycles. The maximum atomic E-state index is 12.7. The van der Waals surface area contributed by atoms with Gasteiger partial charge in [-0.05, 0) is 36.3 Å². The predicted octanol–water partition coefficient (Wildman–Crippen LogP) is 3.02. The van der Waals surface area contributed by atoms with E-state index < -0.39 is 0 Å². The Bertz CT molecular complexity index is 634. The highest BCUT2D eigenvalue weighted by molar-refractivity contribution is 7.12. The summed E-state index contributed by atoms with van der Waals surface area (Å²) in [7, 11) is 0. The van der Waals surface area contributed by atoms with Crippen molar-refractivity contribution in [2.45, 2.75) is 39.0 Å². The lowest BCUT2D eigenvalue weighted by atomic mass is 9.97. The van der Waals surface area contributed by atoms with Gasteiger partial charge in [0, 0.05) is 25.9 Å². The van der Waals surface area contributed by atoms with Crippen LogP contribution in [0.3, 0.4) is 0 Å². The van der Waals surface area contributed by atoms with Gasteiger partial charge in [0.25, 0.3) is 5.91 Å². The Morgan fingerprint density at radius 2 is 2.43 bits per heavy atom. The maximum absolute atomic E-state index is 12.7. The molecule has 0 unspecified atom stereocenters. The van der Waals surface area contributed by atoms with Gasteiger partial charge >= 0.3 is 0 Å². The summed E-state index contributed by atoms with van der Waals surface area (Å²) in [4.78, 5) is 19.8. The van der Waals surface area contributed by atoms with Gasteiger partial charge < -0.3 is 9.42 Å². The van der Waals surface area contributed by atoms with Gasteiger partial charge in [-0.25, -0.2) is 0 Å². The van der Waals surface area contributed by atoms with Gasteiger partial charge in [-0.3, -0.25) is 4.79 Å². The summed E-state index contributed by atoms with van der Waals surface area (Å²) in [5.74, 6) is 1.64. The molecular formula is C15H19N3O2S. The Balaban J connectivity index is 1.75. The van der Waals surface area contributed by atoms with Crippen LogP contribution >= 0.6 is 11.3 Å². The third-order valence-electron chi connectivity index (χ3n) is 3.94. The standard InChI is InChI=1S/C15H19N3O2S/c1-3-11-6-8-21-13(11)15(19)18-7-4-5-12(9-18)14-16-10(2)20-17-14/h6,8,12H,3-5,7,9H2,1-2H3/t12-/m0/s1. The molecule has 1 aliphatic rings. The minimum absolute atomic E-state index is 0.145. The molecule has 0 bridgehead atoms. The number of aromatic nitrogens is 2. The summed E-state index contributed by atoms with van der Waals surface area (Å²) in [5, 5.41) is 6.00. The van der Waals surface area contributed by atoms with E-state index in [0.717, 1.165) is 42.1 Å². The fourth-order valence-corrected chi connectivity index (χ4v) is 3.76. The number of likely N-dealkylation sites (tertiary alicyclic amines) is 1. The summed E-state index contributed by atoms with van der Waals surface area (Å²) < 4.78 is 5.06. The van der Waals surface area contributed by atoms with Gasteiger partial charge in [0.15, 0.2) is 5.82 Å². The van der Waals surface area contributed by atoms with E-state index >= 15 is 0 Å². The Labute approximate surface area is 128 Å². The van der Waals surface area contributed by atoms with Crippen LogP contribution in [0.5, 0.6) is 0 Å². The number of piperidine rings is 1. The number of thiophene rings is 1. The van der Waals surface area contributed by atoms with Crippen LogP contribution in [0.1, 0.15) is 52.6 Å². The van der Waals surface area contributed by atoms with Crippen LogP contribution in [0.25, 0.3) is 0 Å². The molecule has 1 atom stereocenters. The summed E-state index contributed by atoms with van der Waals surface area (Å²) in [6, 6.07) is 2.04. The van der Waals surface area contributed by atoms with Crippen LogP contribution in [-0.2, 0) is 6.42 Å². The number of rotatable bonds is 3. The molecule has 1 amide bonds. The van der Waals surface area contributed by atoms with Crippen LogP contribution in [-0.4, -0.2) is 34.0 Å². The zero-order chi connectivity index (χ0) is 14.8. The molecule has 6 heteroatoms. The van der Waals surface area contributed by atoms with Crippen molar-refractivity contribution in [2.24, 2.45) is 0 Å². The molecular weight excluding hydrogens is 286 g/mol. The van der Waals surface area contributed by atoms with E-state index in [9.17, 15) is 4.79 Å². The van der Waals surface area contributed by atoms with E-state index in [1.54, 1.807) is 6.92 Å². The third kappa shape index (κ3) is 2.85. The quantitative estimate of drug-likeness (QED) is 0.874. The maximum Gasteiger partial charge on any atom is 0.264 e. The Hall–Kier alpha value is -1.69. The van der Waals surface area contributed by atoms with Crippen molar-refractivity contribution in [1.29, 1.82) is 0 Å². The molecule has 0 radical (unpaired) electrons. The second-order valence-corrected chi connectivity index (χ2v) is 6.31. The van der Waals surface area contributed by atoms with Crippen molar-refractivity contribution in [3.63, 3.8) is 0 Å². The van der Waals surface area contributed by atoms with E-state index in [2.05, 4.69) is 17.1 Å². The Morgan fingerprint density at radius 1 is 1.57 bits per heavy atom. The van der Waals surface area contributed by atoms with E-state index in [0.29, 0.717) is 12.4 Å². The molecule has 5 nitrogen and oxygen atoms in total. The van der Waals surface area contributed by atoms with Gasteiger partial charge in [0.1, 0.15) is 0 Å². The average Bonchev–Trinajstić information content (AvgIpc) is 3.15. The van der Waals surface area contributed by atoms with E-state index in [4.69, 9.17) is 4.52 Å². The monoisotopic (exact) mass is 305 g/mol. The van der Waals surface area contributed by atoms with Gasteiger partial charge in [-0.15, -0.1) is 11.3 Å². The van der Waals surface area contributed by atoms with Gasteiger partial charge in [0.05, 0.1) is 4.88 Å². The summed E-state index contributed by atoms with van der Waals surface area (Å²) >= 11 is 1.54. The molecule has 3 rings (SSSR count).